The normalized spacial score (nSPS) is 15.4. The lowest BCUT2D eigenvalue weighted by Gasteiger charge is -2.24. The summed E-state index contributed by atoms with van der Waals surface area (Å²) in [6.45, 7) is 1.29. The smallest absolute Gasteiger partial charge is 0.261 e. The molecule has 0 radical (unpaired) electrons. The average molecular weight is 450 g/mol. The lowest BCUT2D eigenvalue weighted by atomic mass is 9.96. The monoisotopic (exact) mass is 449 g/mol. The first-order valence-corrected chi connectivity index (χ1v) is 12.4. The van der Waals surface area contributed by atoms with Crippen LogP contribution in [-0.4, -0.2) is 42.4 Å². The minimum atomic E-state index is -3.35. The molecule has 1 saturated heterocycles. The van der Waals surface area contributed by atoms with Gasteiger partial charge in [-0.15, -0.1) is 0 Å². The van der Waals surface area contributed by atoms with Crippen molar-refractivity contribution in [3.05, 3.63) is 76.5 Å². The van der Waals surface area contributed by atoms with E-state index < -0.39 is 9.84 Å². The van der Waals surface area contributed by atoms with Crippen molar-refractivity contribution in [3.63, 3.8) is 0 Å². The van der Waals surface area contributed by atoms with E-state index in [2.05, 4.69) is 9.97 Å². The van der Waals surface area contributed by atoms with E-state index in [1.165, 1.54) is 6.07 Å². The molecule has 32 heavy (non-hydrogen) atoms. The van der Waals surface area contributed by atoms with Gasteiger partial charge in [-0.3, -0.25) is 9.36 Å². The molecule has 0 atom stereocenters. The van der Waals surface area contributed by atoms with Gasteiger partial charge in [-0.25, -0.2) is 18.4 Å². The van der Waals surface area contributed by atoms with Gasteiger partial charge in [0.05, 0.1) is 17.2 Å². The van der Waals surface area contributed by atoms with Gasteiger partial charge in [-0.05, 0) is 47.9 Å². The molecule has 0 unspecified atom stereocenters. The van der Waals surface area contributed by atoms with Crippen molar-refractivity contribution >= 4 is 31.5 Å². The van der Waals surface area contributed by atoms with Gasteiger partial charge in [0, 0.05) is 37.1 Å². The van der Waals surface area contributed by atoms with Crippen molar-refractivity contribution in [2.75, 3.05) is 19.5 Å². The van der Waals surface area contributed by atoms with Crippen LogP contribution in [0.4, 0.5) is 0 Å². The van der Waals surface area contributed by atoms with Crippen LogP contribution in [0.2, 0.25) is 0 Å². The first kappa shape index (κ1) is 20.8. The molecule has 0 saturated carbocycles. The predicted octanol–water partition coefficient (Wildman–Crippen LogP) is 3.29. The minimum absolute atomic E-state index is 0.0422. The van der Waals surface area contributed by atoms with Crippen LogP contribution >= 0.6 is 0 Å². The topological polar surface area (TPSA) is 91.2 Å². The molecule has 1 aliphatic rings. The van der Waals surface area contributed by atoms with Crippen LogP contribution in [0.15, 0.2) is 64.8 Å². The summed E-state index contributed by atoms with van der Waals surface area (Å²) in [5.41, 5.74) is 2.50. The molecule has 0 amide bonds. The van der Waals surface area contributed by atoms with Crippen molar-refractivity contribution in [1.82, 2.24) is 14.5 Å². The second-order valence-electron chi connectivity index (χ2n) is 8.23. The van der Waals surface area contributed by atoms with Gasteiger partial charge in [0.2, 0.25) is 0 Å². The summed E-state index contributed by atoms with van der Waals surface area (Å²) in [6, 6.07) is 13.2. The van der Waals surface area contributed by atoms with Crippen molar-refractivity contribution < 1.29 is 13.2 Å². The summed E-state index contributed by atoms with van der Waals surface area (Å²) in [5, 5.41) is 2.58. The molecule has 2 aromatic carbocycles. The highest BCUT2D eigenvalue weighted by Crippen LogP contribution is 2.28. The number of hydrogen-bond acceptors (Lipinski definition) is 6. The molecular formula is C24H23N3O4S. The number of rotatable bonds is 4. The Morgan fingerprint density at radius 3 is 2.47 bits per heavy atom. The van der Waals surface area contributed by atoms with E-state index in [1.807, 2.05) is 30.3 Å². The van der Waals surface area contributed by atoms with Crippen LogP contribution in [0.1, 0.15) is 30.0 Å². The van der Waals surface area contributed by atoms with Crippen LogP contribution < -0.4 is 5.56 Å². The van der Waals surface area contributed by atoms with Crippen molar-refractivity contribution in [2.24, 2.45) is 0 Å². The zero-order chi connectivity index (χ0) is 22.3. The Morgan fingerprint density at radius 2 is 1.78 bits per heavy atom. The first-order valence-electron chi connectivity index (χ1n) is 10.6. The molecule has 0 aliphatic carbocycles. The van der Waals surface area contributed by atoms with Crippen molar-refractivity contribution in [2.45, 2.75) is 30.3 Å². The Kier molecular flexibility index (Phi) is 5.27. The third-order valence-corrected chi connectivity index (χ3v) is 7.04. The minimum Gasteiger partial charge on any atom is -0.381 e. The molecule has 164 valence electrons. The van der Waals surface area contributed by atoms with Gasteiger partial charge >= 0.3 is 0 Å². The highest BCUT2D eigenvalue weighted by Gasteiger charge is 2.19. The third kappa shape index (κ3) is 3.80. The van der Waals surface area contributed by atoms with Crippen LogP contribution in [0.25, 0.3) is 21.7 Å². The largest absolute Gasteiger partial charge is 0.381 e. The third-order valence-electron chi connectivity index (χ3n) is 6.03. The maximum atomic E-state index is 13.4. The number of hydrogen-bond donors (Lipinski definition) is 0. The molecular weight excluding hydrogens is 426 g/mol. The van der Waals surface area contributed by atoms with Gasteiger partial charge in [0.1, 0.15) is 0 Å². The maximum Gasteiger partial charge on any atom is 0.261 e. The average Bonchev–Trinajstić information content (AvgIpc) is 2.80. The second-order valence-corrected chi connectivity index (χ2v) is 10.2. The van der Waals surface area contributed by atoms with E-state index in [9.17, 15) is 13.2 Å². The van der Waals surface area contributed by atoms with E-state index >= 15 is 0 Å². The van der Waals surface area contributed by atoms with Crippen LogP contribution in [0.3, 0.4) is 0 Å². The van der Waals surface area contributed by atoms with Crippen LogP contribution in [0, 0.1) is 0 Å². The summed E-state index contributed by atoms with van der Waals surface area (Å²) in [6.07, 6.45) is 6.51. The summed E-state index contributed by atoms with van der Waals surface area (Å²) in [4.78, 5) is 22.2. The summed E-state index contributed by atoms with van der Waals surface area (Å²) >= 11 is 0. The Balaban J connectivity index is 1.64. The molecule has 4 aromatic rings. The van der Waals surface area contributed by atoms with Gasteiger partial charge in [0.25, 0.3) is 5.56 Å². The molecule has 3 heterocycles. The predicted molar refractivity (Wildman–Crippen MR) is 123 cm³/mol. The summed E-state index contributed by atoms with van der Waals surface area (Å²) in [5.74, 6) is 0. The zero-order valence-electron chi connectivity index (χ0n) is 17.7. The first-order chi connectivity index (χ1) is 15.4. The second kappa shape index (κ2) is 8.11. The number of nitrogens with zero attached hydrogens (tertiary/aromatic N) is 3. The lowest BCUT2D eigenvalue weighted by molar-refractivity contribution is 0.0685. The molecule has 1 aliphatic heterocycles. The number of benzene rings is 2. The SMILES string of the molecule is CS(=O)(=O)c1ccc(Cc2cc3c(=O)n(C4CCOCC4)cnc3c3ccccc23)cn1. The fourth-order valence-electron chi connectivity index (χ4n) is 4.37. The molecule has 1 fully saturated rings. The van der Waals surface area contributed by atoms with Crippen LogP contribution in [0.5, 0.6) is 0 Å². The van der Waals surface area contributed by atoms with Gasteiger partial charge in [-0.1, -0.05) is 30.3 Å². The molecule has 2 aromatic heterocycles. The quantitative estimate of drug-likeness (QED) is 0.444. The molecule has 0 N–H and O–H groups in total. The van der Waals surface area contributed by atoms with Crippen molar-refractivity contribution in [1.29, 1.82) is 0 Å². The zero-order valence-corrected chi connectivity index (χ0v) is 18.5. The van der Waals surface area contributed by atoms with Gasteiger partial charge in [0.15, 0.2) is 14.9 Å². The van der Waals surface area contributed by atoms with Crippen molar-refractivity contribution in [3.8, 4) is 0 Å². The highest BCUT2D eigenvalue weighted by atomic mass is 32.2. The van der Waals surface area contributed by atoms with E-state index in [0.29, 0.717) is 30.5 Å². The van der Waals surface area contributed by atoms with Gasteiger partial charge < -0.3 is 4.74 Å². The molecule has 5 rings (SSSR count). The molecule has 8 heteroatoms. The number of fused-ring (bicyclic) bond motifs is 3. The summed E-state index contributed by atoms with van der Waals surface area (Å²) in [7, 11) is -3.35. The van der Waals surface area contributed by atoms with E-state index in [4.69, 9.17) is 4.74 Å². The Labute approximate surface area is 185 Å². The van der Waals surface area contributed by atoms with Crippen LogP contribution in [-0.2, 0) is 21.0 Å². The van der Waals surface area contributed by atoms with E-state index in [-0.39, 0.29) is 16.6 Å². The molecule has 0 bridgehead atoms. The number of sulfone groups is 1. The number of ether oxygens (including phenoxy) is 1. The fraction of sp³-hybridized carbons (Fsp3) is 0.292. The highest BCUT2D eigenvalue weighted by molar-refractivity contribution is 7.90. The van der Waals surface area contributed by atoms with E-state index in [0.717, 1.165) is 41.0 Å². The van der Waals surface area contributed by atoms with E-state index in [1.54, 1.807) is 23.2 Å². The summed E-state index contributed by atoms with van der Waals surface area (Å²) < 4.78 is 30.6. The molecule has 0 spiro atoms. The standard InChI is InChI=1S/C24H23N3O4S/c1-32(29,30)22-7-6-16(14-25-22)12-17-13-21-23(20-5-3-2-4-19(17)20)26-15-27(24(21)28)18-8-10-31-11-9-18/h2-7,13-15,18H,8-12H2,1H3. The number of aromatic nitrogens is 3. The Bertz CT molecular complexity index is 1470. The van der Waals surface area contributed by atoms with Gasteiger partial charge in [-0.2, -0.15) is 0 Å². The Morgan fingerprint density at radius 1 is 1.03 bits per heavy atom. The fourth-order valence-corrected chi connectivity index (χ4v) is 4.93. The molecule has 7 nitrogen and oxygen atoms in total. The lowest BCUT2D eigenvalue weighted by Crippen LogP contribution is -2.29. The maximum absolute atomic E-state index is 13.4. The Hall–Kier alpha value is -3.10. The number of pyridine rings is 1.